The van der Waals surface area contributed by atoms with Crippen LogP contribution in [0.5, 0.6) is 0 Å². The molecule has 0 amide bonds. The second kappa shape index (κ2) is 14.3. The minimum absolute atomic E-state index is 0.0128. The molecule has 1 aromatic rings. The van der Waals surface area contributed by atoms with Crippen molar-refractivity contribution in [3.63, 3.8) is 0 Å². The first kappa shape index (κ1) is 22.2. The summed E-state index contributed by atoms with van der Waals surface area (Å²) in [6.07, 6.45) is 0. The zero-order valence-electron chi connectivity index (χ0n) is 14.2. The Kier molecular flexibility index (Phi) is 12.7. The number of nitrogens with zero attached hydrogens (tertiary/aromatic N) is 4. The summed E-state index contributed by atoms with van der Waals surface area (Å²) in [6, 6.07) is 0. The lowest BCUT2D eigenvalue weighted by atomic mass is 10.7. The van der Waals surface area contributed by atoms with Gasteiger partial charge in [0.05, 0.1) is 39.6 Å². The minimum atomic E-state index is -0.0834. The average Bonchev–Trinajstić information content (AvgIpc) is 2.58. The molecule has 0 aromatic carbocycles. The lowest BCUT2D eigenvalue weighted by Gasteiger charge is -2.20. The van der Waals surface area contributed by atoms with Gasteiger partial charge in [-0.25, -0.2) is 9.68 Å². The smallest absolute Gasteiger partial charge is 0.283 e. The van der Waals surface area contributed by atoms with Crippen molar-refractivity contribution in [3.05, 3.63) is 10.6 Å². The molecule has 144 valence electrons. The fourth-order valence-corrected chi connectivity index (χ4v) is 1.75. The van der Waals surface area contributed by atoms with E-state index in [0.717, 1.165) is 5.23 Å². The highest BCUT2D eigenvalue weighted by atomic mass is 35.5. The Balaban J connectivity index is 2.46. The highest BCUT2D eigenvalue weighted by Gasteiger charge is 2.15. The highest BCUT2D eigenvalue weighted by molar-refractivity contribution is 6.31. The fraction of sp³-hybridized carbons (Fsp3) is 0.769. The van der Waals surface area contributed by atoms with E-state index in [-0.39, 0.29) is 29.7 Å². The van der Waals surface area contributed by atoms with Gasteiger partial charge >= 0.3 is 0 Å². The monoisotopic (exact) mass is 400 g/mol. The van der Waals surface area contributed by atoms with Gasteiger partial charge in [-0.2, -0.15) is 15.0 Å². The van der Waals surface area contributed by atoms with Crippen LogP contribution in [0.2, 0.25) is 10.6 Å². The first-order valence-corrected chi connectivity index (χ1v) is 8.19. The average molecular weight is 401 g/mol. The maximum Gasteiger partial charge on any atom is 0.283 e. The molecule has 0 fully saturated rings. The Hall–Kier alpha value is -0.850. The summed E-state index contributed by atoms with van der Waals surface area (Å²) in [5.41, 5.74) is 0. The van der Waals surface area contributed by atoms with E-state index in [0.29, 0.717) is 39.6 Å². The number of rotatable bonds is 15. The maximum atomic E-state index is 5.77. The van der Waals surface area contributed by atoms with Crippen LogP contribution in [0.25, 0.3) is 0 Å². The number of methoxy groups -OCH3 is 2. The number of ether oxygens (including phenoxy) is 4. The normalized spacial score (nSPS) is 11.0. The van der Waals surface area contributed by atoms with Crippen LogP contribution in [0, 0.1) is 0 Å². The molecule has 0 aliphatic carbocycles. The number of hydrogen-bond donors (Lipinski definition) is 0. The summed E-state index contributed by atoms with van der Waals surface area (Å²) >= 11 is 11.5. The molecule has 0 N–H and O–H groups in total. The molecule has 12 heteroatoms. The summed E-state index contributed by atoms with van der Waals surface area (Å²) in [6.45, 7) is 2.93. The number of aromatic nitrogens is 3. The molecule has 0 radical (unpaired) electrons. The van der Waals surface area contributed by atoms with Gasteiger partial charge < -0.3 is 18.9 Å². The molecule has 0 spiro atoms. The molecular weight excluding hydrogens is 379 g/mol. The zero-order chi connectivity index (χ0) is 18.3. The van der Waals surface area contributed by atoms with E-state index < -0.39 is 0 Å². The topological polar surface area (TPSA) is 97.3 Å². The Labute approximate surface area is 156 Å². The fourth-order valence-electron chi connectivity index (χ4n) is 1.40. The molecular formula is C13H22Cl2N4O6. The number of hydrogen-bond acceptors (Lipinski definition) is 10. The largest absolute Gasteiger partial charge is 0.382 e. The van der Waals surface area contributed by atoms with E-state index in [1.807, 2.05) is 0 Å². The Bertz CT molecular complexity index is 438. The molecule has 1 heterocycles. The van der Waals surface area contributed by atoms with Crippen molar-refractivity contribution in [2.24, 2.45) is 0 Å². The van der Waals surface area contributed by atoms with Crippen molar-refractivity contribution in [2.75, 3.05) is 72.3 Å². The summed E-state index contributed by atoms with van der Waals surface area (Å²) in [5, 5.41) is 0.832. The molecule has 0 aliphatic heterocycles. The van der Waals surface area contributed by atoms with E-state index in [1.165, 1.54) is 0 Å². The quantitative estimate of drug-likeness (QED) is 0.315. The van der Waals surface area contributed by atoms with Gasteiger partial charge in [0.15, 0.2) is 0 Å². The third kappa shape index (κ3) is 10.7. The first-order valence-electron chi connectivity index (χ1n) is 7.43. The van der Waals surface area contributed by atoms with E-state index in [1.54, 1.807) is 14.2 Å². The van der Waals surface area contributed by atoms with Crippen molar-refractivity contribution < 1.29 is 28.6 Å². The van der Waals surface area contributed by atoms with Crippen LogP contribution < -0.4 is 5.23 Å². The van der Waals surface area contributed by atoms with Crippen molar-refractivity contribution >= 4 is 29.2 Å². The molecule has 25 heavy (non-hydrogen) atoms. The van der Waals surface area contributed by atoms with Gasteiger partial charge in [0.25, 0.3) is 5.95 Å². The lowest BCUT2D eigenvalue weighted by Crippen LogP contribution is -2.30. The summed E-state index contributed by atoms with van der Waals surface area (Å²) in [4.78, 5) is 22.4. The maximum absolute atomic E-state index is 5.77. The molecule has 0 saturated heterocycles. The van der Waals surface area contributed by atoms with Crippen LogP contribution in [-0.2, 0) is 28.6 Å². The minimum Gasteiger partial charge on any atom is -0.382 e. The summed E-state index contributed by atoms with van der Waals surface area (Å²) in [7, 11) is 3.19. The Morgan fingerprint density at radius 3 is 1.56 bits per heavy atom. The molecule has 1 aromatic heterocycles. The van der Waals surface area contributed by atoms with Crippen LogP contribution in [0.15, 0.2) is 0 Å². The SMILES string of the molecule is COCCOCCON(OCCOCCOC)c1nc(Cl)nc(Cl)n1. The third-order valence-corrected chi connectivity index (χ3v) is 2.81. The molecule has 0 bridgehead atoms. The van der Waals surface area contributed by atoms with Gasteiger partial charge in [-0.15, -0.1) is 0 Å². The van der Waals surface area contributed by atoms with Gasteiger partial charge in [0.1, 0.15) is 13.2 Å². The molecule has 1 rings (SSSR count). The van der Waals surface area contributed by atoms with Gasteiger partial charge in [-0.05, 0) is 23.2 Å². The van der Waals surface area contributed by atoms with Crippen LogP contribution in [-0.4, -0.2) is 82.0 Å². The zero-order valence-corrected chi connectivity index (χ0v) is 15.7. The molecule has 10 nitrogen and oxygen atoms in total. The van der Waals surface area contributed by atoms with Crippen LogP contribution in [0.4, 0.5) is 5.95 Å². The predicted octanol–water partition coefficient (Wildman–Crippen LogP) is 1.17. The van der Waals surface area contributed by atoms with Crippen LogP contribution >= 0.6 is 23.2 Å². The number of anilines is 1. The first-order chi connectivity index (χ1) is 12.2. The van der Waals surface area contributed by atoms with Crippen molar-refractivity contribution in [3.8, 4) is 0 Å². The molecule has 0 unspecified atom stereocenters. The Morgan fingerprint density at radius 2 is 1.12 bits per heavy atom. The predicted molar refractivity (Wildman–Crippen MR) is 89.6 cm³/mol. The van der Waals surface area contributed by atoms with Crippen molar-refractivity contribution in [2.45, 2.75) is 0 Å². The third-order valence-electron chi connectivity index (χ3n) is 2.47. The summed E-state index contributed by atoms with van der Waals surface area (Å²) < 4.78 is 20.4. The summed E-state index contributed by atoms with van der Waals surface area (Å²) in [5.74, 6) is 0.0128. The standard InChI is InChI=1S/C13H22Cl2N4O6/c1-20-3-5-22-7-9-24-19(25-10-8-23-6-4-21-2)13-17-11(14)16-12(15)18-13/h3-10H2,1-2H3. The van der Waals surface area contributed by atoms with Crippen molar-refractivity contribution in [1.29, 1.82) is 0 Å². The van der Waals surface area contributed by atoms with Gasteiger partial charge in [0, 0.05) is 14.2 Å². The second-order valence-electron chi connectivity index (χ2n) is 4.31. The van der Waals surface area contributed by atoms with E-state index in [4.69, 9.17) is 51.8 Å². The van der Waals surface area contributed by atoms with E-state index >= 15 is 0 Å². The molecule has 0 aliphatic rings. The van der Waals surface area contributed by atoms with E-state index in [2.05, 4.69) is 15.0 Å². The van der Waals surface area contributed by atoms with Gasteiger partial charge in [-0.3, -0.25) is 0 Å². The second-order valence-corrected chi connectivity index (χ2v) is 4.98. The number of halogens is 2. The van der Waals surface area contributed by atoms with Crippen LogP contribution in [0.3, 0.4) is 0 Å². The van der Waals surface area contributed by atoms with Gasteiger partial charge in [0.2, 0.25) is 10.6 Å². The Morgan fingerprint density at radius 1 is 0.680 bits per heavy atom. The molecule has 0 saturated carbocycles. The van der Waals surface area contributed by atoms with Gasteiger partial charge in [-0.1, -0.05) is 5.23 Å². The van der Waals surface area contributed by atoms with E-state index in [9.17, 15) is 0 Å². The highest BCUT2D eigenvalue weighted by Crippen LogP contribution is 2.14. The van der Waals surface area contributed by atoms with Crippen molar-refractivity contribution in [1.82, 2.24) is 15.0 Å². The lowest BCUT2D eigenvalue weighted by molar-refractivity contribution is -0.116. The van der Waals surface area contributed by atoms with Crippen LogP contribution in [0.1, 0.15) is 0 Å². The molecule has 0 atom stereocenters.